The summed E-state index contributed by atoms with van der Waals surface area (Å²) in [5, 5.41) is 27.8. The van der Waals surface area contributed by atoms with Crippen LogP contribution in [0.15, 0.2) is 50.8 Å². The Bertz CT molecular complexity index is 593. The quantitative estimate of drug-likeness (QED) is 0.303. The minimum Gasteiger partial charge on any atom is -0.369 e. The number of nitrogens with zero attached hydrogens (tertiary/aromatic N) is 7. The summed E-state index contributed by atoms with van der Waals surface area (Å²) in [7, 11) is 0. The van der Waals surface area contributed by atoms with Crippen LogP contribution in [0.5, 0.6) is 0 Å². The number of nitrogens with two attached hydrogens (primary N) is 2. The smallest absolute Gasteiger partial charge is 0.307 e. The second kappa shape index (κ2) is 5.95. The fourth-order valence-electron chi connectivity index (χ4n) is 1.12. The van der Waals surface area contributed by atoms with Crippen molar-refractivity contribution in [2.45, 2.75) is 0 Å². The van der Waals surface area contributed by atoms with Crippen LogP contribution in [0.1, 0.15) is 5.56 Å². The standard InChI is InChI=1S/C9H10N10/c10-8(11)14-12-7(6-4-2-1-3-5-6)13-15-9-16-18-19-17-9/h1-5H,(H4,10,11,14)(H,16,17,18,19). The molecule has 10 heteroatoms. The molecule has 2 rings (SSSR count). The van der Waals surface area contributed by atoms with Crippen LogP contribution in [-0.4, -0.2) is 32.4 Å². The van der Waals surface area contributed by atoms with Crippen LogP contribution >= 0.6 is 0 Å². The number of aromatic amines is 1. The van der Waals surface area contributed by atoms with E-state index in [1.807, 2.05) is 18.2 Å². The highest BCUT2D eigenvalue weighted by molar-refractivity contribution is 5.99. The number of guanidine groups is 1. The molecular weight excluding hydrogens is 248 g/mol. The minimum absolute atomic E-state index is 0.0772. The summed E-state index contributed by atoms with van der Waals surface area (Å²) < 4.78 is 0. The first-order chi connectivity index (χ1) is 9.25. The van der Waals surface area contributed by atoms with Gasteiger partial charge >= 0.3 is 5.95 Å². The lowest BCUT2D eigenvalue weighted by molar-refractivity contribution is 0.881. The molecule has 96 valence electrons. The Balaban J connectivity index is 2.30. The van der Waals surface area contributed by atoms with Gasteiger partial charge in [0.2, 0.25) is 11.8 Å². The van der Waals surface area contributed by atoms with Gasteiger partial charge in [-0.15, -0.1) is 25.5 Å². The molecule has 0 fully saturated rings. The van der Waals surface area contributed by atoms with Crippen molar-refractivity contribution in [2.75, 3.05) is 0 Å². The molecule has 0 aliphatic carbocycles. The fourth-order valence-corrected chi connectivity index (χ4v) is 1.12. The maximum absolute atomic E-state index is 5.22. The predicted molar refractivity (Wildman–Crippen MR) is 67.5 cm³/mol. The van der Waals surface area contributed by atoms with E-state index in [1.54, 1.807) is 12.1 Å². The molecule has 5 N–H and O–H groups in total. The average molecular weight is 258 g/mol. The second-order valence-electron chi connectivity index (χ2n) is 3.23. The molecule has 0 saturated heterocycles. The highest BCUT2D eigenvalue weighted by atomic mass is 15.5. The number of azo groups is 1. The lowest BCUT2D eigenvalue weighted by atomic mass is 10.2. The van der Waals surface area contributed by atoms with Crippen LogP contribution < -0.4 is 11.5 Å². The van der Waals surface area contributed by atoms with Gasteiger partial charge < -0.3 is 11.5 Å². The Kier molecular flexibility index (Phi) is 3.85. The third-order valence-corrected chi connectivity index (χ3v) is 1.86. The van der Waals surface area contributed by atoms with Gasteiger partial charge in [-0.25, -0.2) is 0 Å². The van der Waals surface area contributed by atoms with Crippen molar-refractivity contribution in [1.29, 1.82) is 0 Å². The van der Waals surface area contributed by atoms with Gasteiger partial charge in [0.1, 0.15) is 0 Å². The summed E-state index contributed by atoms with van der Waals surface area (Å²) in [5.74, 6) is 0.121. The van der Waals surface area contributed by atoms with E-state index >= 15 is 0 Å². The molecule has 0 saturated carbocycles. The number of benzene rings is 1. The number of amidine groups is 1. The van der Waals surface area contributed by atoms with Crippen molar-refractivity contribution >= 4 is 17.7 Å². The molecule has 10 nitrogen and oxygen atoms in total. The Hall–Kier alpha value is -3.17. The van der Waals surface area contributed by atoms with E-state index in [0.717, 1.165) is 0 Å². The first-order valence-corrected chi connectivity index (χ1v) is 5.13. The van der Waals surface area contributed by atoms with Crippen LogP contribution in [-0.2, 0) is 0 Å². The number of nitrogens with one attached hydrogen (secondary N) is 1. The van der Waals surface area contributed by atoms with Gasteiger partial charge in [-0.05, 0) is 5.21 Å². The lowest BCUT2D eigenvalue weighted by Crippen LogP contribution is -2.22. The Morgan fingerprint density at radius 1 is 1.11 bits per heavy atom. The summed E-state index contributed by atoms with van der Waals surface area (Å²) in [6, 6.07) is 9.08. The number of aromatic nitrogens is 4. The van der Waals surface area contributed by atoms with Crippen LogP contribution in [0.25, 0.3) is 0 Å². The van der Waals surface area contributed by atoms with Crippen molar-refractivity contribution < 1.29 is 0 Å². The van der Waals surface area contributed by atoms with Crippen LogP contribution in [0.3, 0.4) is 0 Å². The fraction of sp³-hybridized carbons (Fsp3) is 0. The maximum atomic E-state index is 5.22. The normalized spacial score (nSPS) is 11.7. The topological polar surface area (TPSA) is 156 Å². The van der Waals surface area contributed by atoms with E-state index in [1.165, 1.54) is 0 Å². The second-order valence-corrected chi connectivity index (χ2v) is 3.23. The average Bonchev–Trinajstić information content (AvgIpc) is 2.93. The van der Waals surface area contributed by atoms with E-state index in [-0.39, 0.29) is 17.7 Å². The molecule has 1 aromatic heterocycles. The van der Waals surface area contributed by atoms with Crippen LogP contribution in [0, 0.1) is 0 Å². The number of rotatable bonds is 3. The number of tetrazole rings is 1. The molecular formula is C9H10N10. The summed E-state index contributed by atoms with van der Waals surface area (Å²) in [5.41, 5.74) is 11.1. The van der Waals surface area contributed by atoms with E-state index in [4.69, 9.17) is 11.5 Å². The van der Waals surface area contributed by atoms with Gasteiger partial charge in [0.15, 0.2) is 0 Å². The number of hydrogen-bond acceptors (Lipinski definition) is 6. The zero-order valence-corrected chi connectivity index (χ0v) is 9.67. The number of H-pyrrole nitrogens is 1. The highest BCUT2D eigenvalue weighted by Crippen LogP contribution is 2.06. The van der Waals surface area contributed by atoms with Crippen molar-refractivity contribution in [1.82, 2.24) is 20.6 Å². The molecule has 0 unspecified atom stereocenters. The van der Waals surface area contributed by atoms with E-state index in [2.05, 4.69) is 41.1 Å². The van der Waals surface area contributed by atoms with Gasteiger partial charge in [-0.3, -0.25) is 0 Å². The summed E-state index contributed by atoms with van der Waals surface area (Å²) >= 11 is 0. The summed E-state index contributed by atoms with van der Waals surface area (Å²) in [4.78, 5) is 0. The van der Waals surface area contributed by atoms with Crippen molar-refractivity contribution in [3.63, 3.8) is 0 Å². The Labute approximate surface area is 107 Å². The minimum atomic E-state index is -0.178. The Morgan fingerprint density at radius 3 is 2.53 bits per heavy atom. The van der Waals surface area contributed by atoms with Crippen LogP contribution in [0.4, 0.5) is 5.95 Å². The largest absolute Gasteiger partial charge is 0.369 e. The van der Waals surface area contributed by atoms with E-state index < -0.39 is 0 Å². The van der Waals surface area contributed by atoms with Crippen molar-refractivity contribution in [3.8, 4) is 0 Å². The molecule has 19 heavy (non-hydrogen) atoms. The van der Waals surface area contributed by atoms with E-state index in [9.17, 15) is 0 Å². The maximum Gasteiger partial charge on any atom is 0.307 e. The van der Waals surface area contributed by atoms with Gasteiger partial charge in [0.05, 0.1) is 0 Å². The molecule has 0 aliphatic rings. The van der Waals surface area contributed by atoms with E-state index in [0.29, 0.717) is 5.56 Å². The van der Waals surface area contributed by atoms with Gasteiger partial charge in [-0.1, -0.05) is 35.4 Å². The molecule has 1 heterocycles. The number of hydrogen-bond donors (Lipinski definition) is 3. The summed E-state index contributed by atoms with van der Waals surface area (Å²) in [6.45, 7) is 0. The van der Waals surface area contributed by atoms with Crippen molar-refractivity contribution in [2.24, 2.45) is 31.9 Å². The molecule has 0 amide bonds. The summed E-state index contributed by atoms with van der Waals surface area (Å²) in [6.07, 6.45) is 0. The third kappa shape index (κ3) is 3.66. The Morgan fingerprint density at radius 2 is 1.89 bits per heavy atom. The molecule has 2 aromatic rings. The highest BCUT2D eigenvalue weighted by Gasteiger charge is 2.02. The first kappa shape index (κ1) is 12.3. The molecule has 0 spiro atoms. The molecule has 0 bridgehead atoms. The first-order valence-electron chi connectivity index (χ1n) is 5.13. The molecule has 1 aromatic carbocycles. The predicted octanol–water partition coefficient (Wildman–Crippen LogP) is -0.0814. The van der Waals surface area contributed by atoms with Gasteiger partial charge in [-0.2, -0.15) is 5.21 Å². The molecule has 0 atom stereocenters. The van der Waals surface area contributed by atoms with Gasteiger partial charge in [0, 0.05) is 5.56 Å². The SMILES string of the molecule is NC(N)=NN=C(N=Nc1nn[nH]n1)c1ccccc1. The zero-order valence-electron chi connectivity index (χ0n) is 9.67. The molecule has 0 aliphatic heterocycles. The van der Waals surface area contributed by atoms with Gasteiger partial charge in [0.25, 0.3) is 0 Å². The lowest BCUT2D eigenvalue weighted by Gasteiger charge is -1.96. The monoisotopic (exact) mass is 258 g/mol. The van der Waals surface area contributed by atoms with Crippen LogP contribution in [0.2, 0.25) is 0 Å². The zero-order chi connectivity index (χ0) is 13.5. The van der Waals surface area contributed by atoms with Crippen molar-refractivity contribution in [3.05, 3.63) is 35.9 Å². The molecule has 0 radical (unpaired) electrons. The third-order valence-electron chi connectivity index (χ3n) is 1.86.